The van der Waals surface area contributed by atoms with E-state index in [2.05, 4.69) is 5.32 Å². The average Bonchev–Trinajstić information content (AvgIpc) is 3.26. The van der Waals surface area contributed by atoms with E-state index < -0.39 is 36.0 Å². The molecular formula is C24H20F3N3O4S2. The molecule has 2 aliphatic rings. The van der Waals surface area contributed by atoms with Crippen LogP contribution in [0.3, 0.4) is 0 Å². The predicted octanol–water partition coefficient (Wildman–Crippen LogP) is 4.30. The number of nitrogens with zero attached hydrogens (tertiary/aromatic N) is 2. The van der Waals surface area contributed by atoms with Crippen LogP contribution in [0, 0.1) is 0 Å². The molecule has 3 amide bonds. The van der Waals surface area contributed by atoms with Crippen molar-refractivity contribution in [1.29, 1.82) is 0 Å². The van der Waals surface area contributed by atoms with Crippen molar-refractivity contribution in [2.24, 2.45) is 0 Å². The summed E-state index contributed by atoms with van der Waals surface area (Å²) >= 11 is 6.37. The lowest BCUT2D eigenvalue weighted by Crippen LogP contribution is -2.35. The molecule has 2 aromatic carbocycles. The van der Waals surface area contributed by atoms with Crippen molar-refractivity contribution < 1.29 is 32.3 Å². The number of hydrogen-bond acceptors (Lipinski definition) is 6. The van der Waals surface area contributed by atoms with Crippen LogP contribution in [-0.4, -0.2) is 53.7 Å². The molecule has 1 N–H and O–H groups in total. The summed E-state index contributed by atoms with van der Waals surface area (Å²) in [5.41, 5.74) is 0.0850. The van der Waals surface area contributed by atoms with Crippen molar-refractivity contribution in [2.45, 2.75) is 12.6 Å². The van der Waals surface area contributed by atoms with Crippen LogP contribution in [0.2, 0.25) is 0 Å². The van der Waals surface area contributed by atoms with Gasteiger partial charge in [-0.15, -0.1) is 0 Å². The van der Waals surface area contributed by atoms with Crippen molar-refractivity contribution in [3.8, 4) is 0 Å². The van der Waals surface area contributed by atoms with Crippen LogP contribution in [0.4, 0.5) is 24.5 Å². The number of nitrogens with one attached hydrogen (secondary N) is 1. The van der Waals surface area contributed by atoms with Gasteiger partial charge in [-0.05, 0) is 30.7 Å². The van der Waals surface area contributed by atoms with Crippen molar-refractivity contribution in [1.82, 2.24) is 4.90 Å². The molecule has 0 saturated carbocycles. The minimum Gasteiger partial charge on any atom is -0.385 e. The Labute approximate surface area is 214 Å². The SMILES string of the molecule is COCCCN1C(=O)C(=C2C(=O)N(CC(=O)Nc3cccc(C(F)(F)F)c3)c3ccccc32)SC1=S. The number of methoxy groups -OCH3 is 1. The highest BCUT2D eigenvalue weighted by molar-refractivity contribution is 8.26. The van der Waals surface area contributed by atoms with Crippen LogP contribution in [0.15, 0.2) is 53.4 Å². The first-order valence-electron chi connectivity index (χ1n) is 10.8. The summed E-state index contributed by atoms with van der Waals surface area (Å²) in [6.07, 6.45) is -3.99. The van der Waals surface area contributed by atoms with E-state index in [1.54, 1.807) is 31.4 Å². The van der Waals surface area contributed by atoms with Gasteiger partial charge in [0.05, 0.1) is 21.7 Å². The van der Waals surface area contributed by atoms with Gasteiger partial charge in [0, 0.05) is 31.5 Å². The van der Waals surface area contributed by atoms with Crippen LogP contribution in [0.1, 0.15) is 17.5 Å². The maximum atomic E-state index is 13.4. The van der Waals surface area contributed by atoms with Crippen LogP contribution in [0.5, 0.6) is 0 Å². The number of carbonyl (C=O) groups excluding carboxylic acids is 3. The second kappa shape index (κ2) is 10.4. The number of benzene rings is 2. The number of ether oxygens (including phenoxy) is 1. The molecule has 7 nitrogen and oxygen atoms in total. The van der Waals surface area contributed by atoms with E-state index >= 15 is 0 Å². The van der Waals surface area contributed by atoms with Gasteiger partial charge in [0.2, 0.25) is 5.91 Å². The summed E-state index contributed by atoms with van der Waals surface area (Å²) in [7, 11) is 1.55. The van der Waals surface area contributed by atoms with Crippen molar-refractivity contribution >= 4 is 63.0 Å². The maximum absolute atomic E-state index is 13.4. The fraction of sp³-hybridized carbons (Fsp3) is 0.250. The fourth-order valence-corrected chi connectivity index (χ4v) is 5.26. The Hall–Kier alpha value is -3.22. The van der Waals surface area contributed by atoms with Crippen LogP contribution in [0.25, 0.3) is 5.57 Å². The van der Waals surface area contributed by atoms with Gasteiger partial charge in [-0.3, -0.25) is 24.2 Å². The molecule has 0 spiro atoms. The molecule has 0 unspecified atom stereocenters. The molecule has 2 aliphatic heterocycles. The molecule has 0 radical (unpaired) electrons. The van der Waals surface area contributed by atoms with Gasteiger partial charge in [-0.25, -0.2) is 0 Å². The minimum absolute atomic E-state index is 0.0492. The van der Waals surface area contributed by atoms with E-state index in [4.69, 9.17) is 17.0 Å². The van der Waals surface area contributed by atoms with Crippen LogP contribution in [-0.2, 0) is 25.3 Å². The molecule has 2 aromatic rings. The summed E-state index contributed by atoms with van der Waals surface area (Å²) < 4.78 is 44.3. The van der Waals surface area contributed by atoms with Gasteiger partial charge in [0.1, 0.15) is 10.9 Å². The zero-order valence-electron chi connectivity index (χ0n) is 18.9. The molecule has 12 heteroatoms. The molecule has 0 aliphatic carbocycles. The fourth-order valence-electron chi connectivity index (χ4n) is 3.88. The summed E-state index contributed by atoms with van der Waals surface area (Å²) in [5.74, 6) is -1.65. The van der Waals surface area contributed by atoms with Crippen molar-refractivity contribution in [3.05, 3.63) is 64.6 Å². The Morgan fingerprint density at radius 3 is 2.56 bits per heavy atom. The first kappa shape index (κ1) is 25.9. The van der Waals surface area contributed by atoms with Crippen LogP contribution >= 0.6 is 24.0 Å². The number of alkyl halides is 3. The smallest absolute Gasteiger partial charge is 0.385 e. The van der Waals surface area contributed by atoms with E-state index in [0.29, 0.717) is 35.1 Å². The third-order valence-electron chi connectivity index (χ3n) is 5.50. The van der Waals surface area contributed by atoms with E-state index in [1.165, 1.54) is 21.9 Å². The first-order chi connectivity index (χ1) is 17.1. The number of hydrogen-bond donors (Lipinski definition) is 1. The van der Waals surface area contributed by atoms with Gasteiger partial charge in [0.15, 0.2) is 0 Å². The lowest BCUT2D eigenvalue weighted by Gasteiger charge is -2.17. The summed E-state index contributed by atoms with van der Waals surface area (Å²) in [5, 5.41) is 2.41. The van der Waals surface area contributed by atoms with E-state index in [0.717, 1.165) is 23.9 Å². The largest absolute Gasteiger partial charge is 0.416 e. The standard InChI is InChI=1S/C24H20F3N3O4S2/c1-34-11-5-10-29-22(33)20(36-23(29)35)19-16-8-2-3-9-17(16)30(21(19)32)13-18(31)28-15-7-4-6-14(12-15)24(25,26)27/h2-4,6-9,12H,5,10-11,13H2,1H3,(H,28,31). The Morgan fingerprint density at radius 2 is 1.83 bits per heavy atom. The number of amides is 3. The maximum Gasteiger partial charge on any atom is 0.416 e. The van der Waals surface area contributed by atoms with Crippen molar-refractivity contribution in [3.63, 3.8) is 0 Å². The summed E-state index contributed by atoms with van der Waals surface area (Å²) in [4.78, 5) is 42.1. The minimum atomic E-state index is -4.56. The third-order valence-corrected chi connectivity index (χ3v) is 6.95. The molecule has 4 rings (SSSR count). The number of carbonyl (C=O) groups is 3. The Balaban J connectivity index is 1.58. The van der Waals surface area contributed by atoms with E-state index in [1.807, 2.05) is 0 Å². The second-order valence-electron chi connectivity index (χ2n) is 7.91. The predicted molar refractivity (Wildman–Crippen MR) is 134 cm³/mol. The van der Waals surface area contributed by atoms with Gasteiger partial charge < -0.3 is 10.1 Å². The number of para-hydroxylation sites is 1. The molecular weight excluding hydrogens is 515 g/mol. The van der Waals surface area contributed by atoms with Gasteiger partial charge >= 0.3 is 6.18 Å². The number of thioether (sulfide) groups is 1. The zero-order valence-corrected chi connectivity index (χ0v) is 20.6. The zero-order chi connectivity index (χ0) is 26.0. The number of anilines is 2. The number of rotatable bonds is 7. The molecule has 0 aromatic heterocycles. The lowest BCUT2D eigenvalue weighted by molar-refractivity contribution is -0.137. The molecule has 0 bridgehead atoms. The molecule has 1 fully saturated rings. The monoisotopic (exact) mass is 535 g/mol. The third kappa shape index (κ3) is 5.15. The second-order valence-corrected chi connectivity index (χ2v) is 9.55. The highest BCUT2D eigenvalue weighted by atomic mass is 32.2. The average molecular weight is 536 g/mol. The molecule has 2 heterocycles. The normalized spacial score (nSPS) is 17.7. The molecule has 188 valence electrons. The van der Waals surface area contributed by atoms with Crippen LogP contribution < -0.4 is 10.2 Å². The summed E-state index contributed by atoms with van der Waals surface area (Å²) in [6, 6.07) is 10.9. The molecule has 36 heavy (non-hydrogen) atoms. The number of halogens is 3. The Bertz CT molecular complexity index is 1280. The van der Waals surface area contributed by atoms with E-state index in [9.17, 15) is 27.6 Å². The first-order valence-corrected chi connectivity index (χ1v) is 12.0. The Kier molecular flexibility index (Phi) is 7.48. The lowest BCUT2D eigenvalue weighted by atomic mass is 10.1. The molecule has 0 atom stereocenters. The van der Waals surface area contributed by atoms with Gasteiger partial charge in [-0.2, -0.15) is 13.2 Å². The highest BCUT2D eigenvalue weighted by Crippen LogP contribution is 2.44. The Morgan fingerprint density at radius 1 is 1.08 bits per heavy atom. The number of thiocarbonyl (C=S) groups is 1. The topological polar surface area (TPSA) is 79.0 Å². The van der Waals surface area contributed by atoms with Gasteiger partial charge in [-0.1, -0.05) is 48.2 Å². The molecule has 1 saturated heterocycles. The highest BCUT2D eigenvalue weighted by Gasteiger charge is 2.42. The number of fused-ring (bicyclic) bond motifs is 1. The van der Waals surface area contributed by atoms with E-state index in [-0.39, 0.29) is 16.2 Å². The van der Waals surface area contributed by atoms with Crippen molar-refractivity contribution in [2.75, 3.05) is 37.0 Å². The van der Waals surface area contributed by atoms with Gasteiger partial charge in [0.25, 0.3) is 11.8 Å². The summed E-state index contributed by atoms with van der Waals surface area (Å²) in [6.45, 7) is 0.331. The quantitative estimate of drug-likeness (QED) is 0.324.